The summed E-state index contributed by atoms with van der Waals surface area (Å²) in [5, 5.41) is 10.8. The number of ether oxygens (including phenoxy) is 2. The molecule has 0 fully saturated rings. The largest absolute Gasteiger partial charge is 0.493 e. The monoisotopic (exact) mass is 383 g/mol. The van der Waals surface area contributed by atoms with Crippen molar-refractivity contribution in [1.82, 2.24) is 14.8 Å². The summed E-state index contributed by atoms with van der Waals surface area (Å²) >= 11 is 5.33. The lowest BCUT2D eigenvalue weighted by Crippen LogP contribution is -2.20. The summed E-state index contributed by atoms with van der Waals surface area (Å²) in [5.41, 5.74) is 3.15. The van der Waals surface area contributed by atoms with E-state index < -0.39 is 0 Å². The predicted molar refractivity (Wildman–Crippen MR) is 110 cm³/mol. The van der Waals surface area contributed by atoms with Crippen molar-refractivity contribution in [3.63, 3.8) is 0 Å². The Bertz CT molecular complexity index is 941. The Hall–Kier alpha value is -3.13. The van der Waals surface area contributed by atoms with Gasteiger partial charge in [0.25, 0.3) is 0 Å². The Morgan fingerprint density at radius 1 is 1.07 bits per heavy atom. The normalized spacial score (nSPS) is 10.3. The molecule has 0 aliphatic rings. The van der Waals surface area contributed by atoms with Crippen molar-refractivity contribution in [1.29, 1.82) is 0 Å². The number of hydrogen-bond donors (Lipinski definition) is 2. The van der Waals surface area contributed by atoms with E-state index in [-0.39, 0.29) is 0 Å². The third kappa shape index (κ3) is 4.95. The third-order valence-corrected chi connectivity index (χ3v) is 4.03. The number of methoxy groups -OCH3 is 2. The second-order valence-electron chi connectivity index (χ2n) is 5.90. The van der Waals surface area contributed by atoms with Gasteiger partial charge in [0.2, 0.25) is 5.95 Å². The van der Waals surface area contributed by atoms with Crippen LogP contribution in [0.2, 0.25) is 0 Å². The number of thiocarbonyl (C=S) groups is 1. The molecule has 0 saturated heterocycles. The minimum absolute atomic E-state index is 0.385. The summed E-state index contributed by atoms with van der Waals surface area (Å²) in [6.45, 7) is 2.71. The topological polar surface area (TPSA) is 73.2 Å². The van der Waals surface area contributed by atoms with E-state index in [4.69, 9.17) is 21.7 Å². The van der Waals surface area contributed by atoms with Gasteiger partial charge in [0.15, 0.2) is 16.6 Å². The number of anilines is 2. The first-order chi connectivity index (χ1) is 13.1. The molecule has 3 rings (SSSR count). The first kappa shape index (κ1) is 18.7. The van der Waals surface area contributed by atoms with Gasteiger partial charge < -0.3 is 14.8 Å². The molecule has 0 bridgehead atoms. The molecule has 1 aromatic heterocycles. The molecule has 0 atom stereocenters. The van der Waals surface area contributed by atoms with Gasteiger partial charge in [0.05, 0.1) is 20.8 Å². The lowest BCUT2D eigenvalue weighted by atomic mass is 10.1. The van der Waals surface area contributed by atoms with Crippen LogP contribution >= 0.6 is 12.2 Å². The highest BCUT2D eigenvalue weighted by molar-refractivity contribution is 7.80. The fourth-order valence-electron chi connectivity index (χ4n) is 2.60. The van der Waals surface area contributed by atoms with Gasteiger partial charge in [-0.1, -0.05) is 29.8 Å². The van der Waals surface area contributed by atoms with Crippen LogP contribution in [0.3, 0.4) is 0 Å². The van der Waals surface area contributed by atoms with E-state index in [9.17, 15) is 0 Å². The highest BCUT2D eigenvalue weighted by atomic mass is 32.1. The fraction of sp³-hybridized carbons (Fsp3) is 0.211. The van der Waals surface area contributed by atoms with Gasteiger partial charge >= 0.3 is 0 Å². The van der Waals surface area contributed by atoms with Crippen molar-refractivity contribution in [2.24, 2.45) is 0 Å². The highest BCUT2D eigenvalue weighted by Gasteiger charge is 2.08. The molecule has 0 saturated carbocycles. The van der Waals surface area contributed by atoms with Crippen LogP contribution < -0.4 is 20.1 Å². The van der Waals surface area contributed by atoms with Crippen LogP contribution in [0.5, 0.6) is 11.5 Å². The van der Waals surface area contributed by atoms with Crippen LogP contribution in [0.25, 0.3) is 0 Å². The highest BCUT2D eigenvalue weighted by Crippen LogP contribution is 2.29. The summed E-state index contributed by atoms with van der Waals surface area (Å²) in [4.78, 5) is 4.25. The lowest BCUT2D eigenvalue weighted by molar-refractivity contribution is 0.355. The Labute approximate surface area is 163 Å². The molecule has 3 aromatic rings. The van der Waals surface area contributed by atoms with Crippen molar-refractivity contribution in [2.45, 2.75) is 13.5 Å². The smallest absolute Gasteiger partial charge is 0.248 e. The fourth-order valence-corrected chi connectivity index (χ4v) is 2.81. The standard InChI is InChI=1S/C19H21N5O2S/c1-13-5-4-6-14(9-13)11-24-12-20-18(23-24)22-19(27)21-15-7-8-16(25-2)17(10-15)26-3/h4-10,12H,11H2,1-3H3,(H2,21,22,23,27). The summed E-state index contributed by atoms with van der Waals surface area (Å²) in [5.74, 6) is 1.70. The maximum Gasteiger partial charge on any atom is 0.248 e. The van der Waals surface area contributed by atoms with Gasteiger partial charge in [-0.3, -0.25) is 5.32 Å². The maximum absolute atomic E-state index is 5.33. The maximum atomic E-state index is 5.33. The molecule has 27 heavy (non-hydrogen) atoms. The number of aryl methyl sites for hydroxylation is 1. The number of hydrogen-bond acceptors (Lipinski definition) is 5. The van der Waals surface area contributed by atoms with Gasteiger partial charge in [-0.25, -0.2) is 9.67 Å². The number of nitrogens with one attached hydrogen (secondary N) is 2. The van der Waals surface area contributed by atoms with E-state index in [2.05, 4.69) is 45.8 Å². The number of rotatable bonds is 6. The van der Waals surface area contributed by atoms with Crippen molar-refractivity contribution < 1.29 is 9.47 Å². The van der Waals surface area contributed by atoms with Crippen molar-refractivity contribution in [3.05, 3.63) is 59.9 Å². The molecule has 2 N–H and O–H groups in total. The van der Waals surface area contributed by atoms with E-state index in [0.29, 0.717) is 29.1 Å². The zero-order chi connectivity index (χ0) is 19.2. The average molecular weight is 383 g/mol. The molecule has 0 aliphatic carbocycles. The van der Waals surface area contributed by atoms with Crippen LogP contribution in [0.4, 0.5) is 11.6 Å². The summed E-state index contributed by atoms with van der Waals surface area (Å²) < 4.78 is 12.3. The predicted octanol–water partition coefficient (Wildman–Crippen LogP) is 3.46. The molecular weight excluding hydrogens is 362 g/mol. The van der Waals surface area contributed by atoms with Crippen LogP contribution in [0.15, 0.2) is 48.8 Å². The molecule has 0 aliphatic heterocycles. The van der Waals surface area contributed by atoms with E-state index in [1.54, 1.807) is 37.4 Å². The quantitative estimate of drug-likeness (QED) is 0.632. The average Bonchev–Trinajstić information content (AvgIpc) is 3.08. The zero-order valence-corrected chi connectivity index (χ0v) is 16.2. The van der Waals surface area contributed by atoms with Gasteiger partial charge in [-0.2, -0.15) is 0 Å². The number of aromatic nitrogens is 3. The summed E-state index contributed by atoms with van der Waals surface area (Å²) in [7, 11) is 3.18. The first-order valence-electron chi connectivity index (χ1n) is 8.32. The van der Waals surface area contributed by atoms with Crippen molar-refractivity contribution in [3.8, 4) is 11.5 Å². The molecule has 7 nitrogen and oxygen atoms in total. The summed E-state index contributed by atoms with van der Waals surface area (Å²) in [6, 6.07) is 13.7. The molecule has 0 radical (unpaired) electrons. The van der Waals surface area contributed by atoms with Crippen LogP contribution in [0.1, 0.15) is 11.1 Å². The third-order valence-electron chi connectivity index (χ3n) is 3.83. The van der Waals surface area contributed by atoms with Crippen LogP contribution in [0, 0.1) is 6.92 Å². The Morgan fingerprint density at radius 3 is 2.63 bits per heavy atom. The molecule has 8 heteroatoms. The van der Waals surface area contributed by atoms with Gasteiger partial charge in [-0.15, -0.1) is 5.10 Å². The van der Waals surface area contributed by atoms with Gasteiger partial charge in [0, 0.05) is 11.8 Å². The zero-order valence-electron chi connectivity index (χ0n) is 15.4. The SMILES string of the molecule is COc1ccc(NC(=S)Nc2ncn(Cc3cccc(C)c3)n2)cc1OC. The minimum atomic E-state index is 0.385. The second-order valence-corrected chi connectivity index (χ2v) is 6.31. The molecule has 0 spiro atoms. The Kier molecular flexibility index (Phi) is 5.87. The van der Waals surface area contributed by atoms with E-state index >= 15 is 0 Å². The minimum Gasteiger partial charge on any atom is -0.493 e. The molecule has 1 heterocycles. The Morgan fingerprint density at radius 2 is 1.89 bits per heavy atom. The summed E-state index contributed by atoms with van der Waals surface area (Å²) in [6.07, 6.45) is 1.67. The number of benzene rings is 2. The molecular formula is C19H21N5O2S. The molecule has 0 unspecified atom stereocenters. The lowest BCUT2D eigenvalue weighted by Gasteiger charge is -2.11. The molecule has 2 aromatic carbocycles. The first-order valence-corrected chi connectivity index (χ1v) is 8.73. The van der Waals surface area contributed by atoms with E-state index in [0.717, 1.165) is 11.3 Å². The molecule has 0 amide bonds. The number of nitrogens with zero attached hydrogens (tertiary/aromatic N) is 3. The van der Waals surface area contributed by atoms with Gasteiger partial charge in [-0.05, 0) is 36.8 Å². The van der Waals surface area contributed by atoms with E-state index in [1.165, 1.54) is 5.56 Å². The second kappa shape index (κ2) is 8.50. The van der Waals surface area contributed by atoms with Crippen molar-refractivity contribution >= 4 is 29.0 Å². The molecule has 140 valence electrons. The van der Waals surface area contributed by atoms with Crippen molar-refractivity contribution in [2.75, 3.05) is 24.9 Å². The Balaban J connectivity index is 1.61. The van der Waals surface area contributed by atoms with Crippen LogP contribution in [-0.2, 0) is 6.54 Å². The van der Waals surface area contributed by atoms with Crippen LogP contribution in [-0.4, -0.2) is 34.1 Å². The van der Waals surface area contributed by atoms with Gasteiger partial charge in [0.1, 0.15) is 6.33 Å². The van der Waals surface area contributed by atoms with E-state index in [1.807, 2.05) is 12.1 Å².